The summed E-state index contributed by atoms with van der Waals surface area (Å²) in [6.07, 6.45) is 3.04. The van der Waals surface area contributed by atoms with E-state index in [9.17, 15) is 4.39 Å². The summed E-state index contributed by atoms with van der Waals surface area (Å²) in [5, 5.41) is 0. The van der Waals surface area contributed by atoms with Crippen LogP contribution in [-0.4, -0.2) is 0 Å². The van der Waals surface area contributed by atoms with Gasteiger partial charge < -0.3 is 0 Å². The molecule has 2 heteroatoms. The SMILES string of the molecule is CCCCC#Cc1ccc(Br)cc1F. The molecule has 14 heavy (non-hydrogen) atoms. The highest BCUT2D eigenvalue weighted by Gasteiger charge is 1.98. The molecule has 74 valence electrons. The van der Waals surface area contributed by atoms with Gasteiger partial charge in [-0.25, -0.2) is 4.39 Å². The molecule has 0 aliphatic carbocycles. The first-order valence-electron chi connectivity index (χ1n) is 4.68. The predicted octanol–water partition coefficient (Wildman–Crippen LogP) is 4.13. The quantitative estimate of drug-likeness (QED) is 0.550. The van der Waals surface area contributed by atoms with Crippen molar-refractivity contribution in [2.24, 2.45) is 0 Å². The monoisotopic (exact) mass is 254 g/mol. The van der Waals surface area contributed by atoms with E-state index in [2.05, 4.69) is 34.7 Å². The van der Waals surface area contributed by atoms with Crippen LogP contribution in [0.1, 0.15) is 31.7 Å². The highest BCUT2D eigenvalue weighted by atomic mass is 79.9. The first-order valence-corrected chi connectivity index (χ1v) is 5.47. The standard InChI is InChI=1S/C12H12BrF/c1-2-3-4-5-6-10-7-8-11(13)9-12(10)14/h7-9H,2-4H2,1H3. The van der Waals surface area contributed by atoms with Gasteiger partial charge in [-0.2, -0.15) is 0 Å². The van der Waals surface area contributed by atoms with E-state index in [1.807, 2.05) is 0 Å². The molecule has 0 nitrogen and oxygen atoms in total. The Morgan fingerprint density at radius 1 is 1.43 bits per heavy atom. The molecular formula is C12H12BrF. The molecule has 0 atom stereocenters. The molecular weight excluding hydrogens is 243 g/mol. The van der Waals surface area contributed by atoms with Crippen molar-refractivity contribution < 1.29 is 4.39 Å². The number of rotatable bonds is 2. The van der Waals surface area contributed by atoms with Crippen LogP contribution in [0.25, 0.3) is 0 Å². The van der Waals surface area contributed by atoms with E-state index in [-0.39, 0.29) is 5.82 Å². The molecule has 1 aromatic carbocycles. The predicted molar refractivity (Wildman–Crippen MR) is 60.5 cm³/mol. The summed E-state index contributed by atoms with van der Waals surface area (Å²) in [4.78, 5) is 0. The Labute approximate surface area is 92.7 Å². The minimum absolute atomic E-state index is 0.261. The Morgan fingerprint density at radius 3 is 2.86 bits per heavy atom. The first kappa shape index (κ1) is 11.3. The third-order valence-corrected chi connectivity index (χ3v) is 2.30. The van der Waals surface area contributed by atoms with Gasteiger partial charge >= 0.3 is 0 Å². The molecule has 1 aromatic rings. The first-order chi connectivity index (χ1) is 6.74. The van der Waals surface area contributed by atoms with Gasteiger partial charge in [-0.05, 0) is 24.6 Å². The van der Waals surface area contributed by atoms with E-state index in [0.29, 0.717) is 5.56 Å². The zero-order chi connectivity index (χ0) is 10.4. The van der Waals surface area contributed by atoms with Crippen LogP contribution in [0.4, 0.5) is 4.39 Å². The van der Waals surface area contributed by atoms with Gasteiger partial charge in [0.2, 0.25) is 0 Å². The van der Waals surface area contributed by atoms with Crippen LogP contribution in [0.5, 0.6) is 0 Å². The van der Waals surface area contributed by atoms with Crippen LogP contribution in [0.2, 0.25) is 0 Å². The second-order valence-electron chi connectivity index (χ2n) is 3.03. The molecule has 0 amide bonds. The fourth-order valence-electron chi connectivity index (χ4n) is 1.01. The van der Waals surface area contributed by atoms with Crippen molar-refractivity contribution in [3.8, 4) is 11.8 Å². The molecule has 0 spiro atoms. The molecule has 0 aliphatic heterocycles. The molecule has 0 aromatic heterocycles. The van der Waals surface area contributed by atoms with Crippen LogP contribution in [-0.2, 0) is 0 Å². The molecule has 0 saturated heterocycles. The molecule has 0 aliphatic rings. The second-order valence-corrected chi connectivity index (χ2v) is 3.95. The van der Waals surface area contributed by atoms with Crippen molar-refractivity contribution in [3.05, 3.63) is 34.1 Å². The maximum atomic E-state index is 13.2. The Bertz CT molecular complexity index is 360. The molecule has 0 N–H and O–H groups in total. The van der Waals surface area contributed by atoms with Gasteiger partial charge in [-0.15, -0.1) is 0 Å². The Kier molecular flexibility index (Phi) is 4.69. The molecule has 0 radical (unpaired) electrons. The minimum atomic E-state index is -0.261. The minimum Gasteiger partial charge on any atom is -0.206 e. The Morgan fingerprint density at radius 2 is 2.21 bits per heavy atom. The number of hydrogen-bond donors (Lipinski definition) is 0. The third-order valence-electron chi connectivity index (χ3n) is 1.81. The lowest BCUT2D eigenvalue weighted by Gasteiger charge is -1.94. The summed E-state index contributed by atoms with van der Waals surface area (Å²) in [6.45, 7) is 2.11. The van der Waals surface area contributed by atoms with Crippen molar-refractivity contribution in [3.63, 3.8) is 0 Å². The summed E-state index contributed by atoms with van der Waals surface area (Å²) in [6, 6.07) is 4.93. The smallest absolute Gasteiger partial charge is 0.139 e. The third kappa shape index (κ3) is 3.51. The normalized spacial score (nSPS) is 9.36. The van der Waals surface area contributed by atoms with Gasteiger partial charge in [0.15, 0.2) is 0 Å². The van der Waals surface area contributed by atoms with Crippen LogP contribution in [0, 0.1) is 17.7 Å². The maximum Gasteiger partial charge on any atom is 0.139 e. The van der Waals surface area contributed by atoms with Gasteiger partial charge in [0.25, 0.3) is 0 Å². The van der Waals surface area contributed by atoms with Crippen molar-refractivity contribution >= 4 is 15.9 Å². The molecule has 0 unspecified atom stereocenters. The van der Waals surface area contributed by atoms with Crippen LogP contribution >= 0.6 is 15.9 Å². The number of unbranched alkanes of at least 4 members (excludes halogenated alkanes) is 2. The van der Waals surface area contributed by atoms with Crippen molar-refractivity contribution in [2.75, 3.05) is 0 Å². The number of halogens is 2. The van der Waals surface area contributed by atoms with E-state index in [1.54, 1.807) is 12.1 Å². The summed E-state index contributed by atoms with van der Waals surface area (Å²) >= 11 is 3.20. The second kappa shape index (κ2) is 5.82. The van der Waals surface area contributed by atoms with E-state index in [4.69, 9.17) is 0 Å². The number of benzene rings is 1. The molecule has 0 heterocycles. The van der Waals surface area contributed by atoms with E-state index in [0.717, 1.165) is 23.7 Å². The molecule has 0 fully saturated rings. The van der Waals surface area contributed by atoms with Gasteiger partial charge in [0.1, 0.15) is 5.82 Å². The van der Waals surface area contributed by atoms with Gasteiger partial charge in [-0.1, -0.05) is 41.1 Å². The molecule has 0 bridgehead atoms. The lowest BCUT2D eigenvalue weighted by Crippen LogP contribution is -1.82. The fraction of sp³-hybridized carbons (Fsp3) is 0.333. The highest BCUT2D eigenvalue weighted by molar-refractivity contribution is 9.10. The van der Waals surface area contributed by atoms with Gasteiger partial charge in [0, 0.05) is 10.9 Å². The lowest BCUT2D eigenvalue weighted by atomic mass is 10.2. The van der Waals surface area contributed by atoms with Crippen molar-refractivity contribution in [1.82, 2.24) is 0 Å². The van der Waals surface area contributed by atoms with Crippen LogP contribution in [0.15, 0.2) is 22.7 Å². The lowest BCUT2D eigenvalue weighted by molar-refractivity contribution is 0.623. The van der Waals surface area contributed by atoms with Crippen molar-refractivity contribution in [1.29, 1.82) is 0 Å². The molecule has 1 rings (SSSR count). The largest absolute Gasteiger partial charge is 0.206 e. The summed E-state index contributed by atoms with van der Waals surface area (Å²) in [7, 11) is 0. The van der Waals surface area contributed by atoms with E-state index < -0.39 is 0 Å². The zero-order valence-electron chi connectivity index (χ0n) is 8.11. The van der Waals surface area contributed by atoms with Crippen molar-refractivity contribution in [2.45, 2.75) is 26.2 Å². The Balaban J connectivity index is 2.70. The average Bonchev–Trinajstić information content (AvgIpc) is 2.15. The van der Waals surface area contributed by atoms with Gasteiger partial charge in [-0.3, -0.25) is 0 Å². The fourth-order valence-corrected chi connectivity index (χ4v) is 1.35. The summed E-state index contributed by atoms with van der Waals surface area (Å²) in [5.74, 6) is 5.53. The highest BCUT2D eigenvalue weighted by Crippen LogP contribution is 2.14. The number of hydrogen-bond acceptors (Lipinski definition) is 0. The summed E-state index contributed by atoms with van der Waals surface area (Å²) in [5.41, 5.74) is 0.476. The molecule has 0 saturated carbocycles. The Hall–Kier alpha value is -0.810. The van der Waals surface area contributed by atoms with E-state index in [1.165, 1.54) is 6.07 Å². The van der Waals surface area contributed by atoms with Crippen LogP contribution < -0.4 is 0 Å². The average molecular weight is 255 g/mol. The topological polar surface area (TPSA) is 0 Å². The maximum absolute atomic E-state index is 13.2. The zero-order valence-corrected chi connectivity index (χ0v) is 9.70. The van der Waals surface area contributed by atoms with E-state index >= 15 is 0 Å². The van der Waals surface area contributed by atoms with Crippen LogP contribution in [0.3, 0.4) is 0 Å². The van der Waals surface area contributed by atoms with Gasteiger partial charge in [0.05, 0.1) is 5.56 Å². The summed E-state index contributed by atoms with van der Waals surface area (Å²) < 4.78 is 14.0.